The van der Waals surface area contributed by atoms with Gasteiger partial charge in [0.15, 0.2) is 0 Å². The third-order valence-corrected chi connectivity index (χ3v) is 12.8. The molecule has 0 aliphatic rings. The van der Waals surface area contributed by atoms with E-state index in [1.165, 1.54) is 33.8 Å². The predicted molar refractivity (Wildman–Crippen MR) is 259 cm³/mol. The van der Waals surface area contributed by atoms with E-state index in [4.69, 9.17) is 20.3 Å². The first kappa shape index (κ1) is 48.4. The number of unbranched alkanes of at least 4 members (excludes halogenated alkanes) is 1. The number of hydrogen-bond donors (Lipinski definition) is 5. The lowest BCUT2D eigenvalue weighted by Crippen LogP contribution is -2.49. The van der Waals surface area contributed by atoms with Crippen molar-refractivity contribution in [1.82, 2.24) is 25.9 Å². The van der Waals surface area contributed by atoms with Gasteiger partial charge in [-0.2, -0.15) is 0 Å². The van der Waals surface area contributed by atoms with E-state index in [9.17, 15) is 24.0 Å². The summed E-state index contributed by atoms with van der Waals surface area (Å²) < 4.78 is 12.4. The number of pyridine rings is 2. The van der Waals surface area contributed by atoms with E-state index >= 15 is 0 Å². The lowest BCUT2D eigenvalue weighted by Gasteiger charge is -2.18. The second-order valence-corrected chi connectivity index (χ2v) is 17.1. The van der Waals surface area contributed by atoms with Gasteiger partial charge in [-0.3, -0.25) is 24.4 Å². The smallest absolute Gasteiger partial charge is 0.408 e. The number of esters is 1. The Labute approximate surface area is 390 Å². The Kier molecular flexibility index (Phi) is 17.5. The van der Waals surface area contributed by atoms with Gasteiger partial charge in [-0.05, 0) is 71.3 Å². The third-order valence-electron chi connectivity index (χ3n) is 10.4. The van der Waals surface area contributed by atoms with Gasteiger partial charge in [-0.1, -0.05) is 106 Å². The molecule has 7 rings (SSSR count). The highest BCUT2D eigenvalue weighted by atomic mass is 32.1. The molecule has 3 amide bonds. The molecule has 0 aliphatic carbocycles. The van der Waals surface area contributed by atoms with Gasteiger partial charge in [0.05, 0.1) is 36.8 Å². The lowest BCUT2D eigenvalue weighted by molar-refractivity contribution is -0.146. The van der Waals surface area contributed by atoms with Crippen LogP contribution >= 0.6 is 22.7 Å². The number of fused-ring (bicyclic) bond motifs is 2. The maximum atomic E-state index is 13.1. The number of carboxylic acids is 1. The van der Waals surface area contributed by atoms with Crippen molar-refractivity contribution in [2.45, 2.75) is 65.1 Å². The number of carboxylic acid groups (broad SMARTS) is 1. The molecule has 342 valence electrons. The molecule has 0 unspecified atom stereocenters. The maximum Gasteiger partial charge on any atom is 0.408 e. The first-order valence-electron chi connectivity index (χ1n) is 21.6. The number of carbonyl (C=O) groups is 5. The number of benzene rings is 3. The van der Waals surface area contributed by atoms with E-state index in [0.717, 1.165) is 67.5 Å². The Balaban J connectivity index is 0.000000239. The first-order chi connectivity index (χ1) is 32.0. The van der Waals surface area contributed by atoms with Crippen molar-refractivity contribution >= 4 is 73.0 Å². The number of amides is 3. The van der Waals surface area contributed by atoms with Crippen LogP contribution in [0.2, 0.25) is 0 Å². The summed E-state index contributed by atoms with van der Waals surface area (Å²) in [5, 5.41) is 16.7. The number of aliphatic carboxylic acids is 1. The summed E-state index contributed by atoms with van der Waals surface area (Å²) in [5.74, 6) is -2.51. The van der Waals surface area contributed by atoms with E-state index in [2.05, 4.69) is 64.0 Å². The fourth-order valence-electron chi connectivity index (χ4n) is 6.88. The van der Waals surface area contributed by atoms with Crippen molar-refractivity contribution < 1.29 is 38.6 Å². The Morgan fingerprint density at radius 2 is 1.18 bits per heavy atom. The highest BCUT2D eigenvalue weighted by Crippen LogP contribution is 2.37. The van der Waals surface area contributed by atoms with Gasteiger partial charge in [-0.15, -0.1) is 22.7 Å². The third kappa shape index (κ3) is 12.6. The van der Waals surface area contributed by atoms with E-state index in [1.54, 1.807) is 24.5 Å². The van der Waals surface area contributed by atoms with Gasteiger partial charge >= 0.3 is 18.0 Å². The molecule has 0 aliphatic heterocycles. The minimum absolute atomic E-state index is 0.0505. The number of aromatic nitrogens is 2. The van der Waals surface area contributed by atoms with Crippen LogP contribution in [0, 0.1) is 0 Å². The number of thiophene rings is 2. The number of carbonyl (C=O) groups excluding carboxylic acids is 4. The second-order valence-electron chi connectivity index (χ2n) is 15.0. The number of aryl methyl sites for hydroxylation is 2. The van der Waals surface area contributed by atoms with Gasteiger partial charge in [0.1, 0.15) is 18.7 Å². The van der Waals surface area contributed by atoms with E-state index in [0.29, 0.717) is 16.2 Å². The minimum atomic E-state index is -1.15. The van der Waals surface area contributed by atoms with Crippen molar-refractivity contribution in [3.8, 4) is 22.3 Å². The Bertz CT molecular complexity index is 2790. The molecule has 0 fully saturated rings. The van der Waals surface area contributed by atoms with Gasteiger partial charge in [0.2, 0.25) is 0 Å². The van der Waals surface area contributed by atoms with Crippen molar-refractivity contribution in [1.29, 1.82) is 0 Å². The van der Waals surface area contributed by atoms with Gasteiger partial charge in [-0.25, -0.2) is 9.59 Å². The number of nitrogens with one attached hydrogen (secondary N) is 3. The average Bonchev–Trinajstić information content (AvgIpc) is 4.00. The SMILES string of the molecule is CCCCOC(=O)[C@@H](CNC(=O)c1cc2nccc(-c3ccccc3CC)c2s1)NC(=O)OCc1ccccc1.CCc1ccccc1-c1ccnc2cc(C(=O)NC[C@@H](N)C(=O)O)sc12. The molecule has 6 N–H and O–H groups in total. The fraction of sp³-hybridized carbons (Fsp3) is 0.260. The van der Waals surface area contributed by atoms with Crippen LogP contribution in [-0.4, -0.2) is 76.7 Å². The molecule has 14 nitrogen and oxygen atoms in total. The molecule has 7 aromatic rings. The standard InChI is InChI=1S/C31H33N3O5S.C19H19N3O3S/c1-3-5-17-38-30(36)26(34-31(37)39-20-21-11-7-6-8-12-21)19-33-29(35)27-18-25-28(40-27)24(15-16-32-25)23-14-10-9-13-22(23)4-2;1-2-11-5-3-4-6-12(11)13-7-8-21-15-9-16(26-17(13)15)18(23)22-10-14(20)19(24)25/h6-16,18,26H,3-5,17,19-20H2,1-2H3,(H,33,35)(H,34,37);3-9,14H,2,10,20H2,1H3,(H,22,23)(H,24,25)/t26-;14-/m11/s1. The number of alkyl carbamates (subject to hydrolysis) is 1. The van der Waals surface area contributed by atoms with E-state index in [-0.39, 0.29) is 38.1 Å². The van der Waals surface area contributed by atoms with Crippen LogP contribution in [0.1, 0.15) is 69.6 Å². The highest BCUT2D eigenvalue weighted by Gasteiger charge is 2.25. The zero-order chi connectivity index (χ0) is 47.0. The molecule has 0 radical (unpaired) electrons. The molecule has 4 heterocycles. The van der Waals surface area contributed by atoms with Gasteiger partial charge in [0.25, 0.3) is 11.8 Å². The Hall–Kier alpha value is -7.01. The summed E-state index contributed by atoms with van der Waals surface area (Å²) in [7, 11) is 0. The fourth-order valence-corrected chi connectivity index (χ4v) is 9.00. The Morgan fingerprint density at radius 1 is 0.667 bits per heavy atom. The molecule has 0 saturated heterocycles. The number of nitrogens with zero attached hydrogens (tertiary/aromatic N) is 2. The molecule has 4 aromatic heterocycles. The molecular weight excluding hydrogens is 877 g/mol. The second kappa shape index (κ2) is 23.8. The van der Waals surface area contributed by atoms with Crippen LogP contribution < -0.4 is 21.7 Å². The van der Waals surface area contributed by atoms with E-state index in [1.807, 2.05) is 73.7 Å². The molecule has 0 saturated carbocycles. The number of nitrogens with two attached hydrogens (primary N) is 1. The van der Waals surface area contributed by atoms with Crippen molar-refractivity contribution in [2.24, 2.45) is 5.73 Å². The normalized spacial score (nSPS) is 11.8. The minimum Gasteiger partial charge on any atom is -0.480 e. The molecule has 66 heavy (non-hydrogen) atoms. The van der Waals surface area contributed by atoms with E-state index < -0.39 is 30.1 Å². The van der Waals surface area contributed by atoms with Crippen molar-refractivity contribution in [3.05, 3.63) is 142 Å². The number of hydrogen-bond acceptors (Lipinski definition) is 12. The Morgan fingerprint density at radius 3 is 1.70 bits per heavy atom. The zero-order valence-electron chi connectivity index (χ0n) is 36.9. The summed E-state index contributed by atoms with van der Waals surface area (Å²) in [6, 6.07) is 30.7. The molecular formula is C50H52N6O8S2. The summed E-state index contributed by atoms with van der Waals surface area (Å²) in [6.07, 6.45) is 6.04. The number of ether oxygens (including phenoxy) is 2. The van der Waals surface area contributed by atoms with Crippen LogP contribution in [0.15, 0.2) is 116 Å². The molecule has 0 spiro atoms. The summed E-state index contributed by atoms with van der Waals surface area (Å²) in [4.78, 5) is 71.2. The quantitative estimate of drug-likeness (QED) is 0.0406. The summed E-state index contributed by atoms with van der Waals surface area (Å²) in [6.45, 7) is 6.20. The summed E-state index contributed by atoms with van der Waals surface area (Å²) >= 11 is 2.68. The topological polar surface area (TPSA) is 212 Å². The van der Waals surface area contributed by atoms with Crippen molar-refractivity contribution in [2.75, 3.05) is 19.7 Å². The van der Waals surface area contributed by atoms with Crippen LogP contribution in [0.4, 0.5) is 4.79 Å². The lowest BCUT2D eigenvalue weighted by atomic mass is 9.99. The van der Waals surface area contributed by atoms with Crippen LogP contribution in [-0.2, 0) is 38.5 Å². The maximum absolute atomic E-state index is 13.1. The van der Waals surface area contributed by atoms with Crippen LogP contribution in [0.3, 0.4) is 0 Å². The van der Waals surface area contributed by atoms with Crippen LogP contribution in [0.5, 0.6) is 0 Å². The van der Waals surface area contributed by atoms with Crippen LogP contribution in [0.25, 0.3) is 42.7 Å². The average molecular weight is 929 g/mol. The zero-order valence-corrected chi connectivity index (χ0v) is 38.5. The predicted octanol–water partition coefficient (Wildman–Crippen LogP) is 8.56. The molecule has 3 aromatic carbocycles. The molecule has 0 bridgehead atoms. The number of rotatable bonds is 18. The first-order valence-corrected chi connectivity index (χ1v) is 23.3. The monoisotopic (exact) mass is 928 g/mol. The highest BCUT2D eigenvalue weighted by molar-refractivity contribution is 7.21. The largest absolute Gasteiger partial charge is 0.480 e. The summed E-state index contributed by atoms with van der Waals surface area (Å²) in [5.41, 5.74) is 14.4. The van der Waals surface area contributed by atoms with Gasteiger partial charge in [0, 0.05) is 36.6 Å². The molecule has 16 heteroatoms. The van der Waals surface area contributed by atoms with Gasteiger partial charge < -0.3 is 36.3 Å². The van der Waals surface area contributed by atoms with Crippen molar-refractivity contribution in [3.63, 3.8) is 0 Å². The molecule has 2 atom stereocenters.